The number of anilines is 1. The van der Waals surface area contributed by atoms with Crippen LogP contribution in [0.1, 0.15) is 24.2 Å². The molecule has 0 aliphatic carbocycles. The number of nitrogen functional groups attached to an aromatic ring is 1. The minimum Gasteiger partial charge on any atom is -0.396 e. The predicted molar refractivity (Wildman–Crippen MR) is 70.9 cm³/mol. The largest absolute Gasteiger partial charge is 0.396 e. The number of methoxy groups -OCH3 is 1. The number of benzene rings is 1. The van der Waals surface area contributed by atoms with E-state index in [1.807, 2.05) is 0 Å². The van der Waals surface area contributed by atoms with Gasteiger partial charge in [-0.3, -0.25) is 14.9 Å². The molecule has 0 radical (unpaired) electrons. The van der Waals surface area contributed by atoms with E-state index in [0.717, 1.165) is 6.07 Å². The first-order valence-corrected chi connectivity index (χ1v) is 5.74. The van der Waals surface area contributed by atoms with Crippen molar-refractivity contribution in [3.05, 3.63) is 33.6 Å². The van der Waals surface area contributed by atoms with E-state index in [-0.39, 0.29) is 17.8 Å². The van der Waals surface area contributed by atoms with Crippen LogP contribution in [0, 0.1) is 15.9 Å². The van der Waals surface area contributed by atoms with Crippen molar-refractivity contribution >= 4 is 17.3 Å². The van der Waals surface area contributed by atoms with Gasteiger partial charge in [0.25, 0.3) is 11.6 Å². The van der Waals surface area contributed by atoms with Gasteiger partial charge >= 0.3 is 0 Å². The molecule has 0 atom stereocenters. The van der Waals surface area contributed by atoms with Crippen molar-refractivity contribution in [3.8, 4) is 0 Å². The van der Waals surface area contributed by atoms with Crippen LogP contribution in [0.5, 0.6) is 0 Å². The van der Waals surface area contributed by atoms with Crippen LogP contribution < -0.4 is 11.1 Å². The lowest BCUT2D eigenvalue weighted by Crippen LogP contribution is -2.39. The smallest absolute Gasteiger partial charge is 0.285 e. The predicted octanol–water partition coefficient (Wildman–Crippen LogP) is 1.47. The van der Waals surface area contributed by atoms with Gasteiger partial charge in [0, 0.05) is 13.7 Å². The van der Waals surface area contributed by atoms with Gasteiger partial charge in [-0.15, -0.1) is 0 Å². The molecule has 8 heteroatoms. The van der Waals surface area contributed by atoms with Gasteiger partial charge in [0.05, 0.1) is 22.3 Å². The Hall–Kier alpha value is -2.22. The number of rotatable bonds is 5. The number of ether oxygens (including phenoxy) is 1. The Morgan fingerprint density at radius 2 is 2.15 bits per heavy atom. The molecule has 1 aromatic rings. The minimum absolute atomic E-state index is 0.136. The Morgan fingerprint density at radius 1 is 1.55 bits per heavy atom. The van der Waals surface area contributed by atoms with Crippen LogP contribution in [0.4, 0.5) is 15.8 Å². The Morgan fingerprint density at radius 3 is 2.65 bits per heavy atom. The lowest BCUT2D eigenvalue weighted by Gasteiger charge is -2.23. The van der Waals surface area contributed by atoms with E-state index < -0.39 is 27.9 Å². The van der Waals surface area contributed by atoms with E-state index in [1.165, 1.54) is 7.11 Å². The molecule has 0 aromatic heterocycles. The molecule has 1 rings (SSSR count). The van der Waals surface area contributed by atoms with Gasteiger partial charge in [-0.2, -0.15) is 0 Å². The maximum atomic E-state index is 13.2. The first-order valence-electron chi connectivity index (χ1n) is 5.74. The Kier molecular flexibility index (Phi) is 4.61. The summed E-state index contributed by atoms with van der Waals surface area (Å²) in [4.78, 5) is 22.0. The molecule has 110 valence electrons. The molecule has 0 unspecified atom stereocenters. The van der Waals surface area contributed by atoms with Crippen molar-refractivity contribution in [2.45, 2.75) is 19.4 Å². The first-order chi connectivity index (χ1) is 9.18. The van der Waals surface area contributed by atoms with Crippen LogP contribution in [0.15, 0.2) is 12.1 Å². The summed E-state index contributed by atoms with van der Waals surface area (Å²) in [6.45, 7) is 3.61. The van der Waals surface area contributed by atoms with E-state index in [0.29, 0.717) is 6.07 Å². The number of nitrogens with two attached hydrogens (primary N) is 1. The third-order valence-electron chi connectivity index (χ3n) is 2.78. The topological polar surface area (TPSA) is 107 Å². The average molecular weight is 285 g/mol. The van der Waals surface area contributed by atoms with Crippen LogP contribution in [0.2, 0.25) is 0 Å². The highest BCUT2D eigenvalue weighted by atomic mass is 19.1. The summed E-state index contributed by atoms with van der Waals surface area (Å²) in [5.41, 5.74) is 3.45. The lowest BCUT2D eigenvalue weighted by molar-refractivity contribution is -0.385. The molecule has 0 aliphatic rings. The number of amides is 1. The minimum atomic E-state index is -0.939. The summed E-state index contributed by atoms with van der Waals surface area (Å²) in [5, 5.41) is 13.3. The summed E-state index contributed by atoms with van der Waals surface area (Å²) < 4.78 is 18.3. The number of carbonyl (C=O) groups excluding carboxylic acids is 1. The van der Waals surface area contributed by atoms with Crippen molar-refractivity contribution in [2.24, 2.45) is 0 Å². The fraction of sp³-hybridized carbons (Fsp3) is 0.417. The van der Waals surface area contributed by atoms with Crippen molar-refractivity contribution in [3.63, 3.8) is 0 Å². The van der Waals surface area contributed by atoms with Crippen LogP contribution >= 0.6 is 0 Å². The van der Waals surface area contributed by atoms with Gasteiger partial charge in [0.15, 0.2) is 5.82 Å². The van der Waals surface area contributed by atoms with Gasteiger partial charge in [0.2, 0.25) is 0 Å². The quantitative estimate of drug-likeness (QED) is 0.484. The second kappa shape index (κ2) is 5.83. The number of carbonyl (C=O) groups is 1. The molecule has 20 heavy (non-hydrogen) atoms. The Balaban J connectivity index is 3.04. The number of halogens is 1. The SMILES string of the molecule is COC(C)(C)CNC(=O)c1cc(N)c(F)cc1[N+](=O)[O-]. The van der Waals surface area contributed by atoms with Crippen LogP contribution in [-0.4, -0.2) is 30.1 Å². The monoisotopic (exact) mass is 285 g/mol. The van der Waals surface area contributed by atoms with E-state index in [2.05, 4.69) is 5.32 Å². The van der Waals surface area contributed by atoms with Crippen LogP contribution in [0.3, 0.4) is 0 Å². The summed E-state index contributed by atoms with van der Waals surface area (Å²) in [6.07, 6.45) is 0. The molecule has 0 fully saturated rings. The highest BCUT2D eigenvalue weighted by molar-refractivity contribution is 5.99. The fourth-order valence-corrected chi connectivity index (χ4v) is 1.37. The maximum absolute atomic E-state index is 13.2. The molecule has 7 nitrogen and oxygen atoms in total. The average Bonchev–Trinajstić information content (AvgIpc) is 2.38. The highest BCUT2D eigenvalue weighted by Gasteiger charge is 2.25. The summed E-state index contributed by atoms with van der Waals surface area (Å²) in [5.74, 6) is -1.65. The molecule has 1 aromatic carbocycles. The van der Waals surface area contributed by atoms with E-state index in [4.69, 9.17) is 10.5 Å². The lowest BCUT2D eigenvalue weighted by atomic mass is 10.1. The van der Waals surface area contributed by atoms with Crippen LogP contribution in [-0.2, 0) is 4.74 Å². The van der Waals surface area contributed by atoms with Gasteiger partial charge in [-0.1, -0.05) is 0 Å². The number of nitro benzene ring substituents is 1. The molecule has 0 aliphatic heterocycles. The van der Waals surface area contributed by atoms with Crippen molar-refractivity contribution in [1.82, 2.24) is 5.32 Å². The van der Waals surface area contributed by atoms with Gasteiger partial charge in [-0.25, -0.2) is 4.39 Å². The molecule has 0 saturated heterocycles. The zero-order valence-corrected chi connectivity index (χ0v) is 11.4. The maximum Gasteiger partial charge on any atom is 0.285 e. The second-order valence-electron chi connectivity index (χ2n) is 4.79. The van der Waals surface area contributed by atoms with Crippen molar-refractivity contribution in [1.29, 1.82) is 0 Å². The number of nitro groups is 1. The summed E-state index contributed by atoms with van der Waals surface area (Å²) in [6, 6.07) is 1.58. The standard InChI is InChI=1S/C12H16FN3O4/c1-12(2,20-3)6-15-11(17)7-4-9(14)8(13)5-10(7)16(18)19/h4-5H,6,14H2,1-3H3,(H,15,17). The van der Waals surface area contributed by atoms with Crippen molar-refractivity contribution < 1.29 is 18.8 Å². The number of hydrogen-bond acceptors (Lipinski definition) is 5. The number of nitrogens with zero attached hydrogens (tertiary/aromatic N) is 1. The Labute approximate surface area is 115 Å². The molecular weight excluding hydrogens is 269 g/mol. The number of nitrogens with one attached hydrogen (secondary N) is 1. The summed E-state index contributed by atoms with van der Waals surface area (Å²) in [7, 11) is 1.48. The molecule has 0 saturated carbocycles. The zero-order valence-electron chi connectivity index (χ0n) is 11.4. The van der Waals surface area contributed by atoms with Gasteiger partial charge in [0.1, 0.15) is 5.56 Å². The molecule has 3 N–H and O–H groups in total. The van der Waals surface area contributed by atoms with E-state index in [1.54, 1.807) is 13.8 Å². The molecule has 0 heterocycles. The van der Waals surface area contributed by atoms with E-state index in [9.17, 15) is 19.3 Å². The van der Waals surface area contributed by atoms with Crippen molar-refractivity contribution in [2.75, 3.05) is 19.4 Å². The van der Waals surface area contributed by atoms with E-state index >= 15 is 0 Å². The first kappa shape index (κ1) is 15.8. The normalized spacial score (nSPS) is 11.2. The molecule has 0 bridgehead atoms. The summed E-state index contributed by atoms with van der Waals surface area (Å²) >= 11 is 0. The second-order valence-corrected chi connectivity index (χ2v) is 4.79. The third-order valence-corrected chi connectivity index (χ3v) is 2.78. The number of hydrogen-bond donors (Lipinski definition) is 2. The van der Waals surface area contributed by atoms with Gasteiger partial charge in [-0.05, 0) is 19.9 Å². The fourth-order valence-electron chi connectivity index (χ4n) is 1.37. The molecule has 1 amide bonds. The zero-order chi connectivity index (χ0) is 15.5. The highest BCUT2D eigenvalue weighted by Crippen LogP contribution is 2.24. The van der Waals surface area contributed by atoms with Gasteiger partial charge < -0.3 is 15.8 Å². The Bertz CT molecular complexity index is 546. The van der Waals surface area contributed by atoms with Crippen LogP contribution in [0.25, 0.3) is 0 Å². The molecule has 0 spiro atoms. The molecular formula is C12H16FN3O4. The third kappa shape index (κ3) is 3.64.